The minimum Gasteiger partial charge on any atom is -0.497 e. The van der Waals surface area contributed by atoms with E-state index in [-0.39, 0.29) is 24.8 Å². The standard InChI is InChI=1S/C29H30N4O4/c1-4-32(28(35)18-21-8-6-5-7-9-21)20-27(34)31-29-30-26(22-10-14-24(36-2)15-11-22)19-33(29)23-12-16-25(37-3)17-13-23/h5-17,19H,4,18,20H2,1-3H3,(H,30,31,34). The summed E-state index contributed by atoms with van der Waals surface area (Å²) in [6.07, 6.45) is 2.10. The van der Waals surface area contributed by atoms with Gasteiger partial charge in [-0.15, -0.1) is 0 Å². The van der Waals surface area contributed by atoms with E-state index >= 15 is 0 Å². The van der Waals surface area contributed by atoms with Crippen molar-refractivity contribution in [3.63, 3.8) is 0 Å². The molecular formula is C29H30N4O4. The Balaban J connectivity index is 1.56. The van der Waals surface area contributed by atoms with Crippen LogP contribution in [0.4, 0.5) is 5.95 Å². The highest BCUT2D eigenvalue weighted by Crippen LogP contribution is 2.27. The SMILES string of the molecule is CCN(CC(=O)Nc1nc(-c2ccc(OC)cc2)cn1-c1ccc(OC)cc1)C(=O)Cc1ccccc1. The second-order valence-corrected chi connectivity index (χ2v) is 8.36. The number of amides is 2. The molecule has 0 bridgehead atoms. The number of carbonyl (C=O) groups excluding carboxylic acids is 2. The lowest BCUT2D eigenvalue weighted by Gasteiger charge is -2.20. The van der Waals surface area contributed by atoms with Gasteiger partial charge in [0.25, 0.3) is 0 Å². The number of benzene rings is 3. The number of methoxy groups -OCH3 is 2. The van der Waals surface area contributed by atoms with Crippen LogP contribution in [0.3, 0.4) is 0 Å². The van der Waals surface area contributed by atoms with Gasteiger partial charge in [-0.2, -0.15) is 0 Å². The van der Waals surface area contributed by atoms with Crippen LogP contribution in [0.1, 0.15) is 12.5 Å². The molecule has 0 atom stereocenters. The third-order valence-electron chi connectivity index (χ3n) is 5.96. The number of likely N-dealkylation sites (N-methyl/N-ethyl adjacent to an activating group) is 1. The number of rotatable bonds is 10. The van der Waals surface area contributed by atoms with Gasteiger partial charge in [-0.3, -0.25) is 19.5 Å². The number of carbonyl (C=O) groups is 2. The molecule has 0 fully saturated rings. The largest absolute Gasteiger partial charge is 0.497 e. The van der Waals surface area contributed by atoms with Gasteiger partial charge >= 0.3 is 0 Å². The van der Waals surface area contributed by atoms with Crippen molar-refractivity contribution in [1.29, 1.82) is 0 Å². The molecule has 0 spiro atoms. The molecule has 8 nitrogen and oxygen atoms in total. The third kappa shape index (κ3) is 6.35. The maximum Gasteiger partial charge on any atom is 0.246 e. The number of anilines is 1. The summed E-state index contributed by atoms with van der Waals surface area (Å²) in [4.78, 5) is 32.1. The number of imidazole rings is 1. The maximum absolute atomic E-state index is 13.1. The predicted molar refractivity (Wildman–Crippen MR) is 143 cm³/mol. The molecule has 190 valence electrons. The summed E-state index contributed by atoms with van der Waals surface area (Å²) in [5.74, 6) is 1.38. The molecule has 0 aliphatic carbocycles. The summed E-state index contributed by atoms with van der Waals surface area (Å²) in [7, 11) is 3.23. The molecule has 1 heterocycles. The first-order valence-electron chi connectivity index (χ1n) is 12.0. The summed E-state index contributed by atoms with van der Waals surface area (Å²) in [5.41, 5.74) is 3.26. The summed E-state index contributed by atoms with van der Waals surface area (Å²) in [6.45, 7) is 2.20. The summed E-state index contributed by atoms with van der Waals surface area (Å²) >= 11 is 0. The monoisotopic (exact) mass is 498 g/mol. The van der Waals surface area contributed by atoms with Gasteiger partial charge < -0.3 is 14.4 Å². The fourth-order valence-corrected chi connectivity index (χ4v) is 3.91. The second-order valence-electron chi connectivity index (χ2n) is 8.36. The van der Waals surface area contributed by atoms with E-state index in [2.05, 4.69) is 5.32 Å². The number of hydrogen-bond acceptors (Lipinski definition) is 5. The molecule has 4 aromatic rings. The van der Waals surface area contributed by atoms with Gasteiger partial charge in [0.15, 0.2) is 0 Å². The quantitative estimate of drug-likeness (QED) is 0.346. The lowest BCUT2D eigenvalue weighted by Crippen LogP contribution is -2.39. The van der Waals surface area contributed by atoms with E-state index in [1.165, 1.54) is 4.90 Å². The fourth-order valence-electron chi connectivity index (χ4n) is 3.91. The molecule has 3 aromatic carbocycles. The first-order chi connectivity index (χ1) is 18.0. The Labute approximate surface area is 216 Å². The molecule has 2 amide bonds. The number of ether oxygens (including phenoxy) is 2. The van der Waals surface area contributed by atoms with Crippen molar-refractivity contribution in [3.8, 4) is 28.4 Å². The van der Waals surface area contributed by atoms with Crippen molar-refractivity contribution in [2.75, 3.05) is 32.6 Å². The zero-order valence-electron chi connectivity index (χ0n) is 21.2. The fraction of sp³-hybridized carbons (Fsp3) is 0.207. The Bertz CT molecular complexity index is 1330. The molecule has 0 saturated heterocycles. The van der Waals surface area contributed by atoms with Crippen molar-refractivity contribution < 1.29 is 19.1 Å². The molecule has 37 heavy (non-hydrogen) atoms. The van der Waals surface area contributed by atoms with Gasteiger partial charge in [-0.05, 0) is 61.0 Å². The molecule has 0 unspecified atom stereocenters. The maximum atomic E-state index is 13.1. The minimum absolute atomic E-state index is 0.0739. The Morgan fingerprint density at radius 1 is 0.892 bits per heavy atom. The highest BCUT2D eigenvalue weighted by Gasteiger charge is 2.19. The number of nitrogens with zero attached hydrogens (tertiary/aromatic N) is 3. The van der Waals surface area contributed by atoms with Crippen LogP contribution in [0.25, 0.3) is 16.9 Å². The van der Waals surface area contributed by atoms with Gasteiger partial charge in [-0.25, -0.2) is 4.98 Å². The molecule has 0 radical (unpaired) electrons. The van der Waals surface area contributed by atoms with Gasteiger partial charge in [0.2, 0.25) is 17.8 Å². The van der Waals surface area contributed by atoms with E-state index in [0.717, 1.165) is 28.3 Å². The van der Waals surface area contributed by atoms with Crippen molar-refractivity contribution in [3.05, 3.63) is 90.6 Å². The van der Waals surface area contributed by atoms with E-state index in [0.29, 0.717) is 18.2 Å². The third-order valence-corrected chi connectivity index (χ3v) is 5.96. The molecule has 0 aliphatic rings. The highest BCUT2D eigenvalue weighted by molar-refractivity contribution is 5.94. The molecule has 1 N–H and O–H groups in total. The molecule has 0 saturated carbocycles. The van der Waals surface area contributed by atoms with Crippen LogP contribution in [0.15, 0.2) is 85.1 Å². The van der Waals surface area contributed by atoms with E-state index in [1.54, 1.807) is 18.8 Å². The van der Waals surface area contributed by atoms with Crippen LogP contribution in [0.5, 0.6) is 11.5 Å². The Morgan fingerprint density at radius 3 is 2.11 bits per heavy atom. The van der Waals surface area contributed by atoms with Gasteiger partial charge in [0.1, 0.15) is 11.5 Å². The normalized spacial score (nSPS) is 10.6. The van der Waals surface area contributed by atoms with Crippen LogP contribution in [0.2, 0.25) is 0 Å². The van der Waals surface area contributed by atoms with E-state index in [9.17, 15) is 9.59 Å². The van der Waals surface area contributed by atoms with Crippen molar-refractivity contribution >= 4 is 17.8 Å². The van der Waals surface area contributed by atoms with Crippen molar-refractivity contribution in [2.45, 2.75) is 13.3 Å². The number of hydrogen-bond donors (Lipinski definition) is 1. The van der Waals surface area contributed by atoms with E-state index < -0.39 is 0 Å². The number of nitrogens with one attached hydrogen (secondary N) is 1. The van der Waals surface area contributed by atoms with Gasteiger partial charge in [0, 0.05) is 24.0 Å². The zero-order chi connectivity index (χ0) is 26.2. The molecule has 1 aromatic heterocycles. The average Bonchev–Trinajstić information content (AvgIpc) is 3.35. The smallest absolute Gasteiger partial charge is 0.246 e. The highest BCUT2D eigenvalue weighted by atomic mass is 16.5. The Hall–Kier alpha value is -4.59. The molecule has 0 aliphatic heterocycles. The Morgan fingerprint density at radius 2 is 1.51 bits per heavy atom. The average molecular weight is 499 g/mol. The van der Waals surface area contributed by atoms with Crippen LogP contribution in [0, 0.1) is 0 Å². The summed E-state index contributed by atoms with van der Waals surface area (Å²) in [6, 6.07) is 24.5. The molecular weight excluding hydrogens is 468 g/mol. The van der Waals surface area contributed by atoms with Gasteiger partial charge in [0.05, 0.1) is 32.9 Å². The lowest BCUT2D eigenvalue weighted by atomic mass is 10.1. The number of aromatic nitrogens is 2. The summed E-state index contributed by atoms with van der Waals surface area (Å²) < 4.78 is 12.3. The van der Waals surface area contributed by atoms with Crippen LogP contribution in [-0.4, -0.2) is 53.6 Å². The van der Waals surface area contributed by atoms with Gasteiger partial charge in [-0.1, -0.05) is 30.3 Å². The molecule has 4 rings (SSSR count). The van der Waals surface area contributed by atoms with Crippen LogP contribution < -0.4 is 14.8 Å². The first-order valence-corrected chi connectivity index (χ1v) is 12.0. The second kappa shape index (κ2) is 11.9. The Kier molecular flexibility index (Phi) is 8.20. The van der Waals surface area contributed by atoms with E-state index in [1.807, 2.05) is 92.0 Å². The minimum atomic E-state index is -0.329. The first kappa shape index (κ1) is 25.5. The predicted octanol–water partition coefficient (Wildman–Crippen LogP) is 4.59. The van der Waals surface area contributed by atoms with Crippen LogP contribution in [-0.2, 0) is 16.0 Å². The zero-order valence-corrected chi connectivity index (χ0v) is 21.2. The lowest BCUT2D eigenvalue weighted by molar-refractivity contribution is -0.133. The van der Waals surface area contributed by atoms with E-state index in [4.69, 9.17) is 14.5 Å². The van der Waals surface area contributed by atoms with Crippen molar-refractivity contribution in [2.24, 2.45) is 0 Å². The summed E-state index contributed by atoms with van der Waals surface area (Å²) in [5, 5.41) is 2.90. The van der Waals surface area contributed by atoms with Crippen molar-refractivity contribution in [1.82, 2.24) is 14.5 Å². The molecule has 8 heteroatoms. The topological polar surface area (TPSA) is 85.7 Å². The van der Waals surface area contributed by atoms with Crippen LogP contribution >= 0.6 is 0 Å².